The lowest BCUT2D eigenvalue weighted by Gasteiger charge is -2.36. The van der Waals surface area contributed by atoms with Crippen LogP contribution in [0.3, 0.4) is 0 Å². The molecule has 1 saturated heterocycles. The molecule has 1 fully saturated rings. The first-order valence-electron chi connectivity index (χ1n) is 6.03. The van der Waals surface area contributed by atoms with Gasteiger partial charge in [-0.15, -0.1) is 0 Å². The van der Waals surface area contributed by atoms with E-state index in [4.69, 9.17) is 5.11 Å². The number of carbonyl (C=O) groups excluding carboxylic acids is 1. The van der Waals surface area contributed by atoms with Crippen molar-refractivity contribution in [3.8, 4) is 0 Å². The predicted octanol–water partition coefficient (Wildman–Crippen LogP) is 1.41. The lowest BCUT2D eigenvalue weighted by Crippen LogP contribution is -2.47. The number of rotatable bonds is 2. The van der Waals surface area contributed by atoms with Gasteiger partial charge in [0.25, 0.3) is 5.91 Å². The fourth-order valence-electron chi connectivity index (χ4n) is 2.25. The summed E-state index contributed by atoms with van der Waals surface area (Å²) in [4.78, 5) is 28.8. The lowest BCUT2D eigenvalue weighted by atomic mass is 9.93. The Kier molecular flexibility index (Phi) is 3.60. The Morgan fingerprint density at radius 3 is 2.83 bits per heavy atom. The molecule has 2 atom stereocenters. The summed E-state index contributed by atoms with van der Waals surface area (Å²) in [6.07, 6.45) is 4.48. The zero-order chi connectivity index (χ0) is 13.1. The maximum Gasteiger partial charge on any atom is 0.308 e. The molecule has 1 amide bonds. The van der Waals surface area contributed by atoms with Crippen LogP contribution in [0.1, 0.15) is 30.1 Å². The van der Waals surface area contributed by atoms with Crippen molar-refractivity contribution < 1.29 is 14.7 Å². The van der Waals surface area contributed by atoms with Crippen LogP contribution in [0.4, 0.5) is 0 Å². The normalized spacial score (nSPS) is 23.7. The standard InChI is InChI=1S/C13H16N2O3/c1-9-4-5-11(13(17)18)8-15(9)12(16)10-3-2-6-14-7-10/h2-3,6-7,9,11H,4-5,8H2,1H3,(H,17,18). The second kappa shape index (κ2) is 5.16. The first-order valence-corrected chi connectivity index (χ1v) is 6.03. The molecule has 0 aromatic carbocycles. The number of carboxylic acid groups (broad SMARTS) is 1. The Balaban J connectivity index is 2.15. The van der Waals surface area contributed by atoms with Gasteiger partial charge in [-0.2, -0.15) is 0 Å². The second-order valence-corrected chi connectivity index (χ2v) is 4.66. The Labute approximate surface area is 105 Å². The third-order valence-electron chi connectivity index (χ3n) is 3.40. The third-order valence-corrected chi connectivity index (χ3v) is 3.40. The zero-order valence-corrected chi connectivity index (χ0v) is 10.2. The number of piperidine rings is 1. The summed E-state index contributed by atoms with van der Waals surface area (Å²) in [6, 6.07) is 3.48. The van der Waals surface area contributed by atoms with Gasteiger partial charge in [0, 0.05) is 25.0 Å². The van der Waals surface area contributed by atoms with Gasteiger partial charge in [0.15, 0.2) is 0 Å². The molecule has 0 saturated carbocycles. The van der Waals surface area contributed by atoms with Gasteiger partial charge in [0.2, 0.25) is 0 Å². The largest absolute Gasteiger partial charge is 0.481 e. The molecule has 1 aromatic rings. The van der Waals surface area contributed by atoms with Crippen LogP contribution in [0.15, 0.2) is 24.5 Å². The monoisotopic (exact) mass is 248 g/mol. The van der Waals surface area contributed by atoms with Crippen LogP contribution in [-0.2, 0) is 4.79 Å². The minimum Gasteiger partial charge on any atom is -0.481 e. The maximum absolute atomic E-state index is 12.3. The fourth-order valence-corrected chi connectivity index (χ4v) is 2.25. The topological polar surface area (TPSA) is 70.5 Å². The van der Waals surface area contributed by atoms with Crippen LogP contribution >= 0.6 is 0 Å². The highest BCUT2D eigenvalue weighted by Gasteiger charge is 2.32. The first-order chi connectivity index (χ1) is 8.59. The Morgan fingerprint density at radius 2 is 2.22 bits per heavy atom. The van der Waals surface area contributed by atoms with E-state index in [0.29, 0.717) is 12.0 Å². The van der Waals surface area contributed by atoms with E-state index in [2.05, 4.69) is 4.98 Å². The van der Waals surface area contributed by atoms with Crippen molar-refractivity contribution in [2.75, 3.05) is 6.54 Å². The predicted molar refractivity (Wildman–Crippen MR) is 65.1 cm³/mol. The van der Waals surface area contributed by atoms with E-state index in [1.165, 1.54) is 6.20 Å². The Morgan fingerprint density at radius 1 is 1.44 bits per heavy atom. The van der Waals surface area contributed by atoms with Crippen LogP contribution in [0.5, 0.6) is 0 Å². The van der Waals surface area contributed by atoms with Gasteiger partial charge < -0.3 is 10.0 Å². The number of amides is 1. The van der Waals surface area contributed by atoms with Crippen LogP contribution in [0.2, 0.25) is 0 Å². The van der Waals surface area contributed by atoms with Crippen molar-refractivity contribution in [2.24, 2.45) is 5.92 Å². The van der Waals surface area contributed by atoms with E-state index in [-0.39, 0.29) is 18.5 Å². The average molecular weight is 248 g/mol. The quantitative estimate of drug-likeness (QED) is 0.859. The van der Waals surface area contributed by atoms with Crippen molar-refractivity contribution in [3.05, 3.63) is 30.1 Å². The molecule has 5 nitrogen and oxygen atoms in total. The van der Waals surface area contributed by atoms with Gasteiger partial charge in [-0.1, -0.05) is 0 Å². The lowest BCUT2D eigenvalue weighted by molar-refractivity contribution is -0.143. The molecular weight excluding hydrogens is 232 g/mol. The highest BCUT2D eigenvalue weighted by Crippen LogP contribution is 2.23. The molecule has 1 aliphatic rings. The number of nitrogens with zero attached hydrogens (tertiary/aromatic N) is 2. The molecule has 0 aliphatic carbocycles. The number of carbonyl (C=O) groups is 2. The summed E-state index contributed by atoms with van der Waals surface area (Å²) in [5.41, 5.74) is 0.510. The molecular formula is C13H16N2O3. The van der Waals surface area contributed by atoms with Gasteiger partial charge in [0.05, 0.1) is 11.5 Å². The highest BCUT2D eigenvalue weighted by atomic mass is 16.4. The van der Waals surface area contributed by atoms with Crippen molar-refractivity contribution in [1.29, 1.82) is 0 Å². The summed E-state index contributed by atoms with van der Waals surface area (Å²) in [5.74, 6) is -1.42. The van der Waals surface area contributed by atoms with E-state index < -0.39 is 11.9 Å². The number of aliphatic carboxylic acids is 1. The molecule has 18 heavy (non-hydrogen) atoms. The van der Waals surface area contributed by atoms with Gasteiger partial charge in [-0.05, 0) is 31.9 Å². The molecule has 1 aliphatic heterocycles. The van der Waals surface area contributed by atoms with Gasteiger partial charge in [-0.25, -0.2) is 0 Å². The second-order valence-electron chi connectivity index (χ2n) is 4.66. The fraction of sp³-hybridized carbons (Fsp3) is 0.462. The molecule has 0 bridgehead atoms. The molecule has 0 spiro atoms. The molecule has 96 valence electrons. The van der Waals surface area contributed by atoms with Crippen molar-refractivity contribution in [3.63, 3.8) is 0 Å². The number of aromatic nitrogens is 1. The van der Waals surface area contributed by atoms with Crippen LogP contribution in [0.25, 0.3) is 0 Å². The van der Waals surface area contributed by atoms with Crippen molar-refractivity contribution in [1.82, 2.24) is 9.88 Å². The van der Waals surface area contributed by atoms with Crippen molar-refractivity contribution >= 4 is 11.9 Å². The molecule has 5 heteroatoms. The van der Waals surface area contributed by atoms with Crippen LogP contribution in [0, 0.1) is 5.92 Å². The third kappa shape index (κ3) is 2.50. The van der Waals surface area contributed by atoms with Crippen LogP contribution in [-0.4, -0.2) is 39.5 Å². The van der Waals surface area contributed by atoms with Gasteiger partial charge in [-0.3, -0.25) is 14.6 Å². The number of pyridine rings is 1. The summed E-state index contributed by atoms with van der Waals surface area (Å²) >= 11 is 0. The first kappa shape index (κ1) is 12.5. The van der Waals surface area contributed by atoms with E-state index in [0.717, 1.165) is 6.42 Å². The molecule has 2 heterocycles. The molecule has 0 radical (unpaired) electrons. The molecule has 2 unspecified atom stereocenters. The number of likely N-dealkylation sites (tertiary alicyclic amines) is 1. The molecule has 1 aromatic heterocycles. The van der Waals surface area contributed by atoms with E-state index in [1.807, 2.05) is 6.92 Å². The number of carboxylic acids is 1. The highest BCUT2D eigenvalue weighted by molar-refractivity contribution is 5.94. The smallest absolute Gasteiger partial charge is 0.308 e. The van der Waals surface area contributed by atoms with Gasteiger partial charge in [0.1, 0.15) is 0 Å². The summed E-state index contributed by atoms with van der Waals surface area (Å²) in [6.45, 7) is 2.23. The minimum atomic E-state index is -0.828. The molecule has 1 N–H and O–H groups in total. The Hall–Kier alpha value is -1.91. The van der Waals surface area contributed by atoms with E-state index >= 15 is 0 Å². The SMILES string of the molecule is CC1CCC(C(=O)O)CN1C(=O)c1cccnc1. The summed E-state index contributed by atoms with van der Waals surface area (Å²) in [5, 5.41) is 9.04. The maximum atomic E-state index is 12.3. The van der Waals surface area contributed by atoms with Crippen LogP contribution < -0.4 is 0 Å². The van der Waals surface area contributed by atoms with Crippen molar-refractivity contribution in [2.45, 2.75) is 25.8 Å². The Bertz CT molecular complexity index is 447. The number of hydrogen-bond donors (Lipinski definition) is 1. The van der Waals surface area contributed by atoms with Gasteiger partial charge >= 0.3 is 5.97 Å². The number of hydrogen-bond acceptors (Lipinski definition) is 3. The van der Waals surface area contributed by atoms with E-state index in [9.17, 15) is 9.59 Å². The molecule has 2 rings (SSSR count). The summed E-state index contributed by atoms with van der Waals surface area (Å²) in [7, 11) is 0. The van der Waals surface area contributed by atoms with E-state index in [1.54, 1.807) is 23.2 Å². The minimum absolute atomic E-state index is 0.0771. The average Bonchev–Trinajstić information content (AvgIpc) is 2.39. The summed E-state index contributed by atoms with van der Waals surface area (Å²) < 4.78 is 0. The zero-order valence-electron chi connectivity index (χ0n) is 10.2.